The average Bonchev–Trinajstić information content (AvgIpc) is 2.63. The fourth-order valence-electron chi connectivity index (χ4n) is 1.08. The van der Waals surface area contributed by atoms with Crippen molar-refractivity contribution in [1.82, 2.24) is 20.2 Å². The summed E-state index contributed by atoms with van der Waals surface area (Å²) in [5.74, 6) is 0. The van der Waals surface area contributed by atoms with E-state index in [0.29, 0.717) is 6.04 Å². The molecule has 0 unspecified atom stereocenters. The normalized spacial score (nSPS) is 11.1. The zero-order valence-electron chi connectivity index (χ0n) is 8.79. The van der Waals surface area contributed by atoms with E-state index in [-0.39, 0.29) is 0 Å². The van der Waals surface area contributed by atoms with E-state index < -0.39 is 0 Å². The predicted molar refractivity (Wildman–Crippen MR) is 59.4 cm³/mol. The number of rotatable bonds is 7. The van der Waals surface area contributed by atoms with Crippen LogP contribution in [0.5, 0.6) is 0 Å². The van der Waals surface area contributed by atoms with Gasteiger partial charge in [-0.3, -0.25) is 0 Å². The lowest BCUT2D eigenvalue weighted by atomic mass is 10.3. The Labute approximate surface area is 89.3 Å². The van der Waals surface area contributed by atoms with Gasteiger partial charge in [-0.15, -0.1) is 5.10 Å². The summed E-state index contributed by atoms with van der Waals surface area (Å²) in [5.41, 5.74) is 1.03. The number of hydrogen-bond acceptors (Lipinski definition) is 5. The number of aromatic nitrogens is 2. The molecule has 1 heterocycles. The van der Waals surface area contributed by atoms with E-state index in [1.807, 2.05) is 5.38 Å². The van der Waals surface area contributed by atoms with Crippen molar-refractivity contribution in [2.45, 2.75) is 32.9 Å². The minimum absolute atomic E-state index is 0.581. The molecule has 0 bridgehead atoms. The van der Waals surface area contributed by atoms with Crippen molar-refractivity contribution in [2.75, 3.05) is 13.1 Å². The molecule has 2 N–H and O–H groups in total. The van der Waals surface area contributed by atoms with Crippen LogP contribution in [0.3, 0.4) is 0 Å². The molecule has 1 aromatic heterocycles. The lowest BCUT2D eigenvalue weighted by Gasteiger charge is -2.07. The molecule has 1 aromatic rings. The first-order valence-electron chi connectivity index (χ1n) is 4.99. The van der Waals surface area contributed by atoms with E-state index in [1.54, 1.807) is 0 Å². The SMILES string of the molecule is CC(C)NCCCNCc1csnn1. The van der Waals surface area contributed by atoms with E-state index >= 15 is 0 Å². The standard InChI is InChI=1S/C9H18N4S/c1-8(2)11-5-3-4-10-6-9-7-14-13-12-9/h7-8,10-11H,3-6H2,1-2H3. The van der Waals surface area contributed by atoms with Gasteiger partial charge in [0.25, 0.3) is 0 Å². The summed E-state index contributed by atoms with van der Waals surface area (Å²) in [6.07, 6.45) is 1.15. The van der Waals surface area contributed by atoms with Gasteiger partial charge in [0.1, 0.15) is 0 Å². The number of nitrogens with one attached hydrogen (secondary N) is 2. The van der Waals surface area contributed by atoms with Crippen molar-refractivity contribution in [1.29, 1.82) is 0 Å². The van der Waals surface area contributed by atoms with Crippen molar-refractivity contribution in [3.05, 3.63) is 11.1 Å². The summed E-state index contributed by atoms with van der Waals surface area (Å²) in [6, 6.07) is 0.581. The van der Waals surface area contributed by atoms with Gasteiger partial charge in [-0.1, -0.05) is 18.3 Å². The molecule has 0 aliphatic heterocycles. The third-order valence-electron chi connectivity index (χ3n) is 1.79. The van der Waals surface area contributed by atoms with Crippen LogP contribution < -0.4 is 10.6 Å². The Bertz CT molecular complexity index is 223. The summed E-state index contributed by atoms with van der Waals surface area (Å²) in [7, 11) is 0. The lowest BCUT2D eigenvalue weighted by molar-refractivity contribution is 0.546. The molecule has 80 valence electrons. The summed E-state index contributed by atoms with van der Waals surface area (Å²) in [5, 5.41) is 12.6. The van der Waals surface area contributed by atoms with Gasteiger partial charge in [0, 0.05) is 18.0 Å². The predicted octanol–water partition coefficient (Wildman–Crippen LogP) is 1.02. The summed E-state index contributed by atoms with van der Waals surface area (Å²) < 4.78 is 3.80. The molecule has 0 aliphatic rings. The fourth-order valence-corrected chi connectivity index (χ4v) is 1.53. The molecule has 0 saturated carbocycles. The molecule has 1 rings (SSSR count). The topological polar surface area (TPSA) is 49.8 Å². The third kappa shape index (κ3) is 5.26. The van der Waals surface area contributed by atoms with Crippen molar-refractivity contribution < 1.29 is 0 Å². The second-order valence-corrected chi connectivity index (χ2v) is 4.15. The van der Waals surface area contributed by atoms with Gasteiger partial charge in [-0.2, -0.15) is 0 Å². The smallest absolute Gasteiger partial charge is 0.0893 e. The zero-order chi connectivity index (χ0) is 10.2. The average molecular weight is 214 g/mol. The minimum atomic E-state index is 0.581. The Morgan fingerprint density at radius 1 is 1.43 bits per heavy atom. The summed E-state index contributed by atoms with van der Waals surface area (Å²) in [6.45, 7) is 7.25. The highest BCUT2D eigenvalue weighted by Crippen LogP contribution is 1.95. The van der Waals surface area contributed by atoms with Gasteiger partial charge in [0.2, 0.25) is 0 Å². The highest BCUT2D eigenvalue weighted by atomic mass is 32.1. The monoisotopic (exact) mass is 214 g/mol. The molecule has 0 amide bonds. The van der Waals surface area contributed by atoms with Crippen LogP contribution in [0.1, 0.15) is 26.0 Å². The summed E-state index contributed by atoms with van der Waals surface area (Å²) >= 11 is 1.40. The van der Waals surface area contributed by atoms with Crippen molar-refractivity contribution in [2.24, 2.45) is 0 Å². The Morgan fingerprint density at radius 3 is 2.93 bits per heavy atom. The lowest BCUT2D eigenvalue weighted by Crippen LogP contribution is -2.26. The van der Waals surface area contributed by atoms with Gasteiger partial charge >= 0.3 is 0 Å². The first kappa shape index (κ1) is 11.6. The molecule has 0 fully saturated rings. The largest absolute Gasteiger partial charge is 0.314 e. The molecule has 0 atom stereocenters. The van der Waals surface area contributed by atoms with E-state index in [1.165, 1.54) is 11.5 Å². The third-order valence-corrected chi connectivity index (χ3v) is 2.35. The first-order valence-corrected chi connectivity index (χ1v) is 5.82. The van der Waals surface area contributed by atoms with E-state index in [4.69, 9.17) is 0 Å². The maximum absolute atomic E-state index is 3.95. The van der Waals surface area contributed by atoms with Crippen LogP contribution in [0.15, 0.2) is 5.38 Å². The molecule has 5 heteroatoms. The van der Waals surface area contributed by atoms with E-state index in [2.05, 4.69) is 34.1 Å². The van der Waals surface area contributed by atoms with E-state index in [0.717, 1.165) is 31.7 Å². The van der Waals surface area contributed by atoms with Crippen molar-refractivity contribution in [3.8, 4) is 0 Å². The van der Waals surface area contributed by atoms with Gasteiger partial charge in [-0.05, 0) is 31.0 Å². The molecular weight excluding hydrogens is 196 g/mol. The fraction of sp³-hybridized carbons (Fsp3) is 0.778. The molecule has 0 spiro atoms. The van der Waals surface area contributed by atoms with Crippen LogP contribution in [-0.4, -0.2) is 28.7 Å². The molecule has 0 aliphatic carbocycles. The molecule has 14 heavy (non-hydrogen) atoms. The molecule has 0 saturated heterocycles. The van der Waals surface area contributed by atoms with Crippen LogP contribution in [0.4, 0.5) is 0 Å². The van der Waals surface area contributed by atoms with Crippen LogP contribution in [0.25, 0.3) is 0 Å². The first-order chi connectivity index (χ1) is 6.79. The number of hydrogen-bond donors (Lipinski definition) is 2. The van der Waals surface area contributed by atoms with Crippen molar-refractivity contribution in [3.63, 3.8) is 0 Å². The van der Waals surface area contributed by atoms with Gasteiger partial charge in [-0.25, -0.2) is 0 Å². The molecule has 0 radical (unpaired) electrons. The zero-order valence-corrected chi connectivity index (χ0v) is 9.60. The Morgan fingerprint density at radius 2 is 2.29 bits per heavy atom. The van der Waals surface area contributed by atoms with Crippen LogP contribution in [-0.2, 0) is 6.54 Å². The second kappa shape index (κ2) is 6.86. The Hall–Kier alpha value is -0.520. The maximum Gasteiger partial charge on any atom is 0.0893 e. The molecule has 4 nitrogen and oxygen atoms in total. The quantitative estimate of drug-likeness (QED) is 0.665. The molecule has 0 aromatic carbocycles. The van der Waals surface area contributed by atoms with E-state index in [9.17, 15) is 0 Å². The van der Waals surface area contributed by atoms with Crippen molar-refractivity contribution >= 4 is 11.5 Å². The molecular formula is C9H18N4S. The summed E-state index contributed by atoms with van der Waals surface area (Å²) in [4.78, 5) is 0. The van der Waals surface area contributed by atoms with Crippen LogP contribution in [0, 0.1) is 0 Å². The van der Waals surface area contributed by atoms with Gasteiger partial charge in [0.05, 0.1) is 5.69 Å². The highest BCUT2D eigenvalue weighted by Gasteiger charge is 1.95. The van der Waals surface area contributed by atoms with Crippen LogP contribution in [0.2, 0.25) is 0 Å². The second-order valence-electron chi connectivity index (χ2n) is 3.54. The van der Waals surface area contributed by atoms with Gasteiger partial charge in [0.15, 0.2) is 0 Å². The Kier molecular flexibility index (Phi) is 5.66. The van der Waals surface area contributed by atoms with Gasteiger partial charge < -0.3 is 10.6 Å². The van der Waals surface area contributed by atoms with Crippen LogP contribution >= 0.6 is 11.5 Å². The maximum atomic E-state index is 3.95. The number of nitrogens with zero attached hydrogens (tertiary/aromatic N) is 2. The minimum Gasteiger partial charge on any atom is -0.314 e. The highest BCUT2D eigenvalue weighted by molar-refractivity contribution is 7.03. The Balaban J connectivity index is 1.90.